The Hall–Kier alpha value is -1.80. The molecule has 4 aliphatic rings. The fraction of sp³-hybridized carbons (Fsp3) is 0.636. The number of ketones is 1. The van der Waals surface area contributed by atoms with Crippen LogP contribution in [0.3, 0.4) is 0 Å². The van der Waals surface area contributed by atoms with Crippen LogP contribution in [0.2, 0.25) is 0 Å². The van der Waals surface area contributed by atoms with Gasteiger partial charge in [0.15, 0.2) is 17.4 Å². The van der Waals surface area contributed by atoms with Crippen LogP contribution >= 0.6 is 0 Å². The molecule has 0 spiro atoms. The second kappa shape index (κ2) is 6.60. The van der Waals surface area contributed by atoms with Crippen LogP contribution in [0.15, 0.2) is 34.8 Å². The number of sulfone groups is 1. The summed E-state index contributed by atoms with van der Waals surface area (Å²) in [6.07, 6.45) is 5.89. The van der Waals surface area contributed by atoms with Gasteiger partial charge in [0, 0.05) is 23.7 Å². The predicted molar refractivity (Wildman–Crippen MR) is 107 cm³/mol. The molecular weight excluding hydrogens is 411 g/mol. The van der Waals surface area contributed by atoms with Crippen molar-refractivity contribution in [2.75, 3.05) is 5.94 Å². The maximum absolute atomic E-state index is 16.8. The average molecular weight is 439 g/mol. The molecule has 0 aromatic carbocycles. The van der Waals surface area contributed by atoms with Gasteiger partial charge in [-0.1, -0.05) is 24.6 Å². The molecule has 0 aromatic rings. The fourth-order valence-corrected chi connectivity index (χ4v) is 8.19. The molecule has 0 heterocycles. The topological polar surface area (TPSA) is 97.7 Å². The van der Waals surface area contributed by atoms with Gasteiger partial charge in [0.1, 0.15) is 0 Å². The molecule has 0 unspecified atom stereocenters. The Bertz CT molecular complexity index is 1010. The molecule has 4 rings (SSSR count). The molecule has 2 saturated carbocycles. The normalized spacial score (nSPS) is 42.6. The van der Waals surface area contributed by atoms with Gasteiger partial charge in [-0.3, -0.25) is 9.59 Å². The molecule has 2 fully saturated rings. The molecule has 0 amide bonds. The molecule has 0 bridgehead atoms. The van der Waals surface area contributed by atoms with Crippen molar-refractivity contribution >= 4 is 21.6 Å². The van der Waals surface area contributed by atoms with Gasteiger partial charge in [0.05, 0.1) is 11.0 Å². The number of esters is 1. The van der Waals surface area contributed by atoms with E-state index in [9.17, 15) is 23.1 Å². The molecule has 6 nitrogen and oxygen atoms in total. The van der Waals surface area contributed by atoms with Gasteiger partial charge in [-0.15, -0.1) is 0 Å². The number of hydrogen-bond acceptors (Lipinski definition) is 6. The van der Waals surface area contributed by atoms with Crippen LogP contribution in [0.1, 0.15) is 46.5 Å². The molecule has 0 aromatic heterocycles. The highest BCUT2D eigenvalue weighted by atomic mass is 32.2. The number of hydrogen-bond donors (Lipinski definition) is 1. The molecular formula is C22H27FO6S. The van der Waals surface area contributed by atoms with Crippen LogP contribution in [0, 0.1) is 22.7 Å². The quantitative estimate of drug-likeness (QED) is 0.681. The first kappa shape index (κ1) is 21.4. The first-order valence-corrected chi connectivity index (χ1v) is 11.9. The average Bonchev–Trinajstić information content (AvgIpc) is 2.99. The van der Waals surface area contributed by atoms with Crippen LogP contribution in [-0.2, 0) is 24.2 Å². The van der Waals surface area contributed by atoms with E-state index in [1.54, 1.807) is 26.0 Å². The van der Waals surface area contributed by atoms with E-state index in [1.165, 1.54) is 12.2 Å². The number of halogens is 1. The highest BCUT2D eigenvalue weighted by molar-refractivity contribution is 7.95. The lowest BCUT2D eigenvalue weighted by Crippen LogP contribution is -2.66. The Morgan fingerprint density at radius 2 is 2.03 bits per heavy atom. The maximum atomic E-state index is 16.8. The lowest BCUT2D eigenvalue weighted by molar-refractivity contribution is -0.184. The van der Waals surface area contributed by atoms with Crippen molar-refractivity contribution in [2.24, 2.45) is 22.7 Å². The Morgan fingerprint density at radius 3 is 2.70 bits per heavy atom. The van der Waals surface area contributed by atoms with Crippen molar-refractivity contribution in [3.05, 3.63) is 34.8 Å². The summed E-state index contributed by atoms with van der Waals surface area (Å²) >= 11 is 0. The minimum atomic E-state index is -3.90. The van der Waals surface area contributed by atoms with Crippen LogP contribution in [0.5, 0.6) is 0 Å². The Kier molecular flexibility index (Phi) is 4.71. The van der Waals surface area contributed by atoms with E-state index >= 15 is 4.39 Å². The number of carbonyl (C=O) groups excluding carboxylic acids is 2. The van der Waals surface area contributed by atoms with Crippen molar-refractivity contribution in [3.63, 3.8) is 0 Å². The third-order valence-corrected chi connectivity index (χ3v) is 9.63. The molecule has 8 heteroatoms. The first-order chi connectivity index (χ1) is 13.9. The number of allylic oxidation sites excluding steroid dienone is 6. The van der Waals surface area contributed by atoms with Crippen molar-refractivity contribution < 1.29 is 32.2 Å². The van der Waals surface area contributed by atoms with Crippen molar-refractivity contribution in [2.45, 2.75) is 58.2 Å². The van der Waals surface area contributed by atoms with E-state index in [4.69, 9.17) is 4.74 Å². The molecule has 0 aliphatic heterocycles. The van der Waals surface area contributed by atoms with Crippen molar-refractivity contribution in [1.29, 1.82) is 0 Å². The number of ether oxygens (including phenoxy) is 1. The first-order valence-electron chi connectivity index (χ1n) is 10.2. The number of aliphatic hydroxyl groups excluding tert-OH is 1. The molecule has 0 radical (unpaired) electrons. The third kappa shape index (κ3) is 2.72. The Balaban J connectivity index is 1.72. The SMILES string of the molecule is CC(=O)OCS(=O)(=O)C1=CC[C@H]2[C@@H]3CCC4=CC(=O)C=C[C@]4(C)[C@@]3(F)[C@@H](O)C[C@]12C. The molecule has 4 aliphatic carbocycles. The predicted octanol–water partition coefficient (Wildman–Crippen LogP) is 2.79. The van der Waals surface area contributed by atoms with Crippen LogP contribution in [-0.4, -0.2) is 43.0 Å². The number of fused-ring (bicyclic) bond motifs is 5. The lowest BCUT2D eigenvalue weighted by Gasteiger charge is -2.61. The Morgan fingerprint density at radius 1 is 1.33 bits per heavy atom. The second-order valence-corrected chi connectivity index (χ2v) is 11.3. The van der Waals surface area contributed by atoms with Crippen LogP contribution < -0.4 is 0 Å². The number of aliphatic hydroxyl groups is 1. The summed E-state index contributed by atoms with van der Waals surface area (Å²) in [7, 11) is -3.90. The largest absolute Gasteiger partial charge is 0.449 e. The summed E-state index contributed by atoms with van der Waals surface area (Å²) in [6, 6.07) is 0. The van der Waals surface area contributed by atoms with Crippen LogP contribution in [0.4, 0.5) is 4.39 Å². The highest BCUT2D eigenvalue weighted by Crippen LogP contribution is 2.68. The van der Waals surface area contributed by atoms with Gasteiger partial charge >= 0.3 is 5.97 Å². The molecule has 1 N–H and O–H groups in total. The van der Waals surface area contributed by atoms with Gasteiger partial charge in [0.2, 0.25) is 9.84 Å². The van der Waals surface area contributed by atoms with E-state index in [-0.39, 0.29) is 23.0 Å². The summed E-state index contributed by atoms with van der Waals surface area (Å²) < 4.78 is 47.4. The minimum Gasteiger partial charge on any atom is -0.449 e. The summed E-state index contributed by atoms with van der Waals surface area (Å²) in [4.78, 5) is 23.1. The van der Waals surface area contributed by atoms with Gasteiger partial charge in [-0.25, -0.2) is 12.8 Å². The van der Waals surface area contributed by atoms with Gasteiger partial charge < -0.3 is 9.84 Å². The highest BCUT2D eigenvalue weighted by Gasteiger charge is 2.70. The number of carbonyl (C=O) groups is 2. The van der Waals surface area contributed by atoms with Crippen molar-refractivity contribution in [1.82, 2.24) is 0 Å². The second-order valence-electron chi connectivity index (χ2n) is 9.44. The summed E-state index contributed by atoms with van der Waals surface area (Å²) in [6.45, 7) is 4.63. The smallest absolute Gasteiger partial charge is 0.303 e. The zero-order valence-electron chi connectivity index (χ0n) is 17.4. The zero-order chi connectivity index (χ0) is 22.1. The molecule has 0 saturated heterocycles. The van der Waals surface area contributed by atoms with E-state index in [0.717, 1.165) is 6.92 Å². The van der Waals surface area contributed by atoms with E-state index in [1.807, 2.05) is 0 Å². The van der Waals surface area contributed by atoms with E-state index in [0.29, 0.717) is 24.8 Å². The van der Waals surface area contributed by atoms with Gasteiger partial charge in [0.25, 0.3) is 0 Å². The number of alkyl halides is 1. The number of rotatable bonds is 3. The van der Waals surface area contributed by atoms with Gasteiger partial charge in [-0.05, 0) is 50.7 Å². The van der Waals surface area contributed by atoms with E-state index < -0.39 is 50.3 Å². The molecule has 164 valence electrons. The summed E-state index contributed by atoms with van der Waals surface area (Å²) in [5.41, 5.74) is -3.36. The lowest BCUT2D eigenvalue weighted by atomic mass is 9.46. The van der Waals surface area contributed by atoms with Gasteiger partial charge in [-0.2, -0.15) is 0 Å². The summed E-state index contributed by atoms with van der Waals surface area (Å²) in [5, 5.41) is 11.1. The standard InChI is InChI=1S/C22H27FO6S/c1-13(24)29-12-30(27,28)19-7-6-16-17-5-4-14-10-15(25)8-9-21(14,3)22(17,23)18(26)11-20(16,19)2/h7-10,16-18,26H,4-6,11-12H2,1-3H3/t16-,17-,18-,20-,21-,22-/m0/s1. The third-order valence-electron chi connectivity index (χ3n) is 7.90. The summed E-state index contributed by atoms with van der Waals surface area (Å²) in [5.74, 6) is -2.50. The molecule has 30 heavy (non-hydrogen) atoms. The maximum Gasteiger partial charge on any atom is 0.303 e. The molecule has 6 atom stereocenters. The van der Waals surface area contributed by atoms with E-state index in [2.05, 4.69) is 0 Å². The zero-order valence-corrected chi connectivity index (χ0v) is 18.2. The van der Waals surface area contributed by atoms with Crippen LogP contribution in [0.25, 0.3) is 0 Å². The monoisotopic (exact) mass is 438 g/mol. The Labute approximate surface area is 175 Å². The fourth-order valence-electron chi connectivity index (χ4n) is 6.45. The van der Waals surface area contributed by atoms with Crippen molar-refractivity contribution in [3.8, 4) is 0 Å². The minimum absolute atomic E-state index is 0.0551.